The van der Waals surface area contributed by atoms with Crippen LogP contribution in [0.3, 0.4) is 0 Å². The van der Waals surface area contributed by atoms with Crippen LogP contribution < -0.4 is 10.6 Å². The highest BCUT2D eigenvalue weighted by Crippen LogP contribution is 2.25. The fourth-order valence-electron chi connectivity index (χ4n) is 0.724. The standard InChI is InChI=1S/C7H9ClN2OS/c1-9-4-6(11)10-7-3-2-5(8)12-7/h2-3,9H,4H2,1H3,(H,10,11). The molecule has 0 aliphatic heterocycles. The van der Waals surface area contributed by atoms with Crippen molar-refractivity contribution in [1.82, 2.24) is 5.32 Å². The third-order valence-electron chi connectivity index (χ3n) is 1.17. The van der Waals surface area contributed by atoms with Gasteiger partial charge in [0, 0.05) is 0 Å². The second kappa shape index (κ2) is 4.45. The van der Waals surface area contributed by atoms with Crippen LogP contribution in [0.4, 0.5) is 5.00 Å². The Bertz CT molecular complexity index is 274. The molecule has 5 heteroatoms. The summed E-state index contributed by atoms with van der Waals surface area (Å²) in [7, 11) is 1.72. The molecule has 0 unspecified atom stereocenters. The Morgan fingerprint density at radius 3 is 2.92 bits per heavy atom. The Morgan fingerprint density at radius 1 is 1.67 bits per heavy atom. The molecule has 0 aliphatic carbocycles. The van der Waals surface area contributed by atoms with Gasteiger partial charge in [-0.1, -0.05) is 11.6 Å². The van der Waals surface area contributed by atoms with Crippen LogP contribution in [0.2, 0.25) is 4.34 Å². The minimum Gasteiger partial charge on any atom is -0.317 e. The summed E-state index contributed by atoms with van der Waals surface area (Å²) in [5.41, 5.74) is 0. The van der Waals surface area contributed by atoms with E-state index in [0.29, 0.717) is 10.9 Å². The van der Waals surface area contributed by atoms with Crippen LogP contribution in [-0.2, 0) is 4.79 Å². The molecule has 12 heavy (non-hydrogen) atoms. The predicted molar refractivity (Wildman–Crippen MR) is 51.9 cm³/mol. The summed E-state index contributed by atoms with van der Waals surface area (Å²) in [6.45, 7) is 0.315. The van der Waals surface area contributed by atoms with E-state index >= 15 is 0 Å². The van der Waals surface area contributed by atoms with Gasteiger partial charge in [0.1, 0.15) is 0 Å². The summed E-state index contributed by atoms with van der Waals surface area (Å²) in [5, 5.41) is 6.23. The Balaban J connectivity index is 2.46. The quantitative estimate of drug-likeness (QED) is 0.785. The Labute approximate surface area is 79.7 Å². The zero-order valence-corrected chi connectivity index (χ0v) is 8.13. The van der Waals surface area contributed by atoms with Crippen molar-refractivity contribution in [3.05, 3.63) is 16.5 Å². The van der Waals surface area contributed by atoms with Crippen molar-refractivity contribution in [2.75, 3.05) is 18.9 Å². The molecular formula is C7H9ClN2OS. The molecule has 1 aromatic rings. The van der Waals surface area contributed by atoms with Crippen molar-refractivity contribution in [2.45, 2.75) is 0 Å². The van der Waals surface area contributed by atoms with Gasteiger partial charge >= 0.3 is 0 Å². The highest BCUT2D eigenvalue weighted by Gasteiger charge is 2.01. The first kappa shape index (κ1) is 9.51. The minimum absolute atomic E-state index is 0.0592. The van der Waals surface area contributed by atoms with Crippen LogP contribution in [0.15, 0.2) is 12.1 Å². The fraction of sp³-hybridized carbons (Fsp3) is 0.286. The molecule has 1 rings (SSSR count). The number of carbonyl (C=O) groups is 1. The fourth-order valence-corrected chi connectivity index (χ4v) is 1.68. The lowest BCUT2D eigenvalue weighted by molar-refractivity contribution is -0.115. The van der Waals surface area contributed by atoms with Gasteiger partial charge in [-0.3, -0.25) is 4.79 Å². The second-order valence-corrected chi connectivity index (χ2v) is 3.90. The number of nitrogens with one attached hydrogen (secondary N) is 2. The number of carbonyl (C=O) groups excluding carboxylic acids is 1. The molecule has 1 aromatic heterocycles. The van der Waals surface area contributed by atoms with Crippen molar-refractivity contribution < 1.29 is 4.79 Å². The SMILES string of the molecule is CNCC(=O)Nc1ccc(Cl)s1. The van der Waals surface area contributed by atoms with E-state index in [1.54, 1.807) is 19.2 Å². The minimum atomic E-state index is -0.0592. The lowest BCUT2D eigenvalue weighted by atomic mass is 10.5. The average Bonchev–Trinajstić information content (AvgIpc) is 2.36. The normalized spacial score (nSPS) is 9.83. The van der Waals surface area contributed by atoms with Gasteiger partial charge in [0.15, 0.2) is 0 Å². The van der Waals surface area contributed by atoms with Gasteiger partial charge in [-0.2, -0.15) is 0 Å². The van der Waals surface area contributed by atoms with Crippen LogP contribution in [0.1, 0.15) is 0 Å². The maximum absolute atomic E-state index is 11.0. The molecule has 66 valence electrons. The number of amides is 1. The summed E-state index contributed by atoms with van der Waals surface area (Å²) in [4.78, 5) is 11.0. The molecule has 0 saturated heterocycles. The van der Waals surface area contributed by atoms with E-state index in [1.165, 1.54) is 11.3 Å². The van der Waals surface area contributed by atoms with Crippen LogP contribution in [-0.4, -0.2) is 19.5 Å². The average molecular weight is 205 g/mol. The van der Waals surface area contributed by atoms with E-state index in [0.717, 1.165) is 5.00 Å². The molecule has 1 amide bonds. The molecule has 0 saturated carbocycles. The first-order chi connectivity index (χ1) is 5.72. The van der Waals surface area contributed by atoms with Crippen molar-refractivity contribution in [3.63, 3.8) is 0 Å². The van der Waals surface area contributed by atoms with Gasteiger partial charge in [0.25, 0.3) is 0 Å². The maximum Gasteiger partial charge on any atom is 0.238 e. The first-order valence-corrected chi connectivity index (χ1v) is 4.61. The summed E-state index contributed by atoms with van der Waals surface area (Å²) in [5.74, 6) is -0.0592. The summed E-state index contributed by atoms with van der Waals surface area (Å²) in [6, 6.07) is 3.53. The van der Waals surface area contributed by atoms with E-state index in [2.05, 4.69) is 10.6 Å². The molecule has 0 fully saturated rings. The highest BCUT2D eigenvalue weighted by atomic mass is 35.5. The Hall–Kier alpha value is -0.580. The lowest BCUT2D eigenvalue weighted by Crippen LogP contribution is -2.24. The van der Waals surface area contributed by atoms with Gasteiger partial charge in [-0.15, -0.1) is 11.3 Å². The molecule has 2 N–H and O–H groups in total. The zero-order chi connectivity index (χ0) is 8.97. The summed E-state index contributed by atoms with van der Waals surface area (Å²) in [6.07, 6.45) is 0. The topological polar surface area (TPSA) is 41.1 Å². The third kappa shape index (κ3) is 2.81. The molecule has 1 heterocycles. The first-order valence-electron chi connectivity index (χ1n) is 3.42. The van der Waals surface area contributed by atoms with E-state index in [1.807, 2.05) is 0 Å². The number of anilines is 1. The highest BCUT2D eigenvalue weighted by molar-refractivity contribution is 7.20. The molecule has 0 radical (unpaired) electrons. The van der Waals surface area contributed by atoms with Gasteiger partial charge < -0.3 is 10.6 Å². The van der Waals surface area contributed by atoms with E-state index in [-0.39, 0.29) is 5.91 Å². The Kier molecular flexibility index (Phi) is 3.52. The molecule has 3 nitrogen and oxygen atoms in total. The number of thiophene rings is 1. The molecule has 0 atom stereocenters. The molecular weight excluding hydrogens is 196 g/mol. The van der Waals surface area contributed by atoms with Gasteiger partial charge in [0.2, 0.25) is 5.91 Å². The third-order valence-corrected chi connectivity index (χ3v) is 2.32. The number of halogens is 1. The van der Waals surface area contributed by atoms with Crippen LogP contribution >= 0.6 is 22.9 Å². The largest absolute Gasteiger partial charge is 0.317 e. The van der Waals surface area contributed by atoms with Gasteiger partial charge in [0.05, 0.1) is 15.9 Å². The van der Waals surface area contributed by atoms with Crippen molar-refractivity contribution in [2.24, 2.45) is 0 Å². The number of hydrogen-bond acceptors (Lipinski definition) is 3. The monoisotopic (exact) mass is 204 g/mol. The number of hydrogen-bond donors (Lipinski definition) is 2. The van der Waals surface area contributed by atoms with Crippen molar-refractivity contribution in [1.29, 1.82) is 0 Å². The summed E-state index contributed by atoms with van der Waals surface area (Å²) >= 11 is 7.02. The number of rotatable bonds is 3. The molecule has 0 spiro atoms. The molecule has 0 bridgehead atoms. The van der Waals surface area contributed by atoms with Crippen LogP contribution in [0, 0.1) is 0 Å². The zero-order valence-electron chi connectivity index (χ0n) is 6.56. The van der Waals surface area contributed by atoms with E-state index < -0.39 is 0 Å². The van der Waals surface area contributed by atoms with Crippen LogP contribution in [0.5, 0.6) is 0 Å². The van der Waals surface area contributed by atoms with Gasteiger partial charge in [-0.05, 0) is 19.2 Å². The van der Waals surface area contributed by atoms with Crippen molar-refractivity contribution >= 4 is 33.8 Å². The lowest BCUT2D eigenvalue weighted by Gasteiger charge is -1.99. The smallest absolute Gasteiger partial charge is 0.238 e. The molecule has 0 aromatic carbocycles. The predicted octanol–water partition coefficient (Wildman–Crippen LogP) is 1.56. The van der Waals surface area contributed by atoms with Crippen molar-refractivity contribution in [3.8, 4) is 0 Å². The van der Waals surface area contributed by atoms with E-state index in [9.17, 15) is 4.79 Å². The molecule has 0 aliphatic rings. The Morgan fingerprint density at radius 2 is 2.42 bits per heavy atom. The van der Waals surface area contributed by atoms with Gasteiger partial charge in [-0.25, -0.2) is 0 Å². The number of likely N-dealkylation sites (N-methyl/N-ethyl adjacent to an activating group) is 1. The van der Waals surface area contributed by atoms with E-state index in [4.69, 9.17) is 11.6 Å². The summed E-state index contributed by atoms with van der Waals surface area (Å²) < 4.78 is 0.676. The second-order valence-electron chi connectivity index (χ2n) is 2.18. The van der Waals surface area contributed by atoms with Crippen LogP contribution in [0.25, 0.3) is 0 Å². The maximum atomic E-state index is 11.0.